The number of nitrogens with one attached hydrogen (secondary N) is 1. The molecule has 0 spiro atoms. The van der Waals surface area contributed by atoms with Gasteiger partial charge in [-0.15, -0.1) is 0 Å². The molecule has 2 fully saturated rings. The van der Waals surface area contributed by atoms with Crippen molar-refractivity contribution in [2.24, 2.45) is 0 Å². The Balaban J connectivity index is 1.36. The van der Waals surface area contributed by atoms with Gasteiger partial charge in [-0.2, -0.15) is 0 Å². The average molecular weight is 288 g/mol. The monoisotopic (exact) mass is 288 g/mol. The summed E-state index contributed by atoms with van der Waals surface area (Å²) in [5.41, 5.74) is 1.34. The summed E-state index contributed by atoms with van der Waals surface area (Å²) in [6.07, 6.45) is 8.20. The van der Waals surface area contributed by atoms with E-state index in [-0.39, 0.29) is 0 Å². The molecule has 0 unspecified atom stereocenters. The van der Waals surface area contributed by atoms with Gasteiger partial charge in [0.05, 0.1) is 0 Å². The Hall–Kier alpha value is -1.06. The first-order chi connectivity index (χ1) is 10.3. The van der Waals surface area contributed by atoms with Crippen molar-refractivity contribution in [3.05, 3.63) is 29.8 Å². The van der Waals surface area contributed by atoms with Gasteiger partial charge in [-0.3, -0.25) is 0 Å². The Morgan fingerprint density at radius 3 is 2.48 bits per heavy atom. The average Bonchev–Trinajstić information content (AvgIpc) is 3.17. The second-order valence-electron chi connectivity index (χ2n) is 6.57. The maximum Gasteiger partial charge on any atom is 0.119 e. The molecule has 3 rings (SSSR count). The summed E-state index contributed by atoms with van der Waals surface area (Å²) in [4.78, 5) is 2.46. The van der Waals surface area contributed by atoms with E-state index in [1.54, 1.807) is 0 Å². The van der Waals surface area contributed by atoms with Crippen LogP contribution in [0.15, 0.2) is 24.3 Å². The van der Waals surface area contributed by atoms with Gasteiger partial charge in [0.15, 0.2) is 0 Å². The molecule has 21 heavy (non-hydrogen) atoms. The second-order valence-corrected chi connectivity index (χ2v) is 6.57. The minimum atomic E-state index is 0.770. The molecule has 0 heterocycles. The molecule has 1 aromatic carbocycles. The molecule has 0 amide bonds. The summed E-state index contributed by atoms with van der Waals surface area (Å²) in [6, 6.07) is 10.1. The van der Waals surface area contributed by atoms with Crippen LogP contribution in [0.3, 0.4) is 0 Å². The minimum absolute atomic E-state index is 0.770. The van der Waals surface area contributed by atoms with Crippen LogP contribution >= 0.6 is 0 Å². The van der Waals surface area contributed by atoms with Crippen LogP contribution in [0.2, 0.25) is 0 Å². The molecule has 2 aliphatic carbocycles. The van der Waals surface area contributed by atoms with Crippen molar-refractivity contribution in [2.45, 2.75) is 57.2 Å². The van der Waals surface area contributed by atoms with Crippen molar-refractivity contribution < 1.29 is 4.74 Å². The molecule has 116 valence electrons. The smallest absolute Gasteiger partial charge is 0.119 e. The predicted octanol–water partition coefficient (Wildman–Crippen LogP) is 3.19. The zero-order valence-electron chi connectivity index (χ0n) is 13.2. The quantitative estimate of drug-likeness (QED) is 0.795. The molecule has 0 bridgehead atoms. The lowest BCUT2D eigenvalue weighted by molar-refractivity contribution is 0.193. The molecule has 0 aromatic heterocycles. The third-order valence-corrected chi connectivity index (χ3v) is 4.76. The fourth-order valence-electron chi connectivity index (χ4n) is 3.09. The molecule has 1 aromatic rings. The van der Waals surface area contributed by atoms with Gasteiger partial charge in [0.25, 0.3) is 0 Å². The lowest BCUT2D eigenvalue weighted by atomic mass is 10.2. The van der Waals surface area contributed by atoms with Gasteiger partial charge in [-0.1, -0.05) is 25.0 Å². The van der Waals surface area contributed by atoms with Crippen LogP contribution in [0.5, 0.6) is 5.75 Å². The molecule has 2 aliphatic rings. The first-order valence-electron chi connectivity index (χ1n) is 8.46. The van der Waals surface area contributed by atoms with E-state index in [9.17, 15) is 0 Å². The largest absolute Gasteiger partial charge is 0.492 e. The van der Waals surface area contributed by atoms with Crippen LogP contribution in [0, 0.1) is 0 Å². The van der Waals surface area contributed by atoms with E-state index < -0.39 is 0 Å². The maximum absolute atomic E-state index is 5.87. The van der Waals surface area contributed by atoms with Crippen LogP contribution in [-0.4, -0.2) is 37.2 Å². The van der Waals surface area contributed by atoms with E-state index in [2.05, 4.69) is 41.5 Å². The highest BCUT2D eigenvalue weighted by molar-refractivity contribution is 5.27. The molecule has 2 saturated carbocycles. The summed E-state index contributed by atoms with van der Waals surface area (Å²) in [5.74, 6) is 0.991. The molecular formula is C18H28N2O. The number of rotatable bonds is 8. The molecule has 0 atom stereocenters. The lowest BCUT2D eigenvalue weighted by Gasteiger charge is -2.23. The maximum atomic E-state index is 5.87. The predicted molar refractivity (Wildman–Crippen MR) is 86.7 cm³/mol. The van der Waals surface area contributed by atoms with Crippen LogP contribution in [0.25, 0.3) is 0 Å². The first-order valence-corrected chi connectivity index (χ1v) is 8.46. The SMILES string of the molecule is CN(CCOc1ccc(CNC2CC2)cc1)C1CCCC1. The summed E-state index contributed by atoms with van der Waals surface area (Å²) in [7, 11) is 2.23. The fourth-order valence-corrected chi connectivity index (χ4v) is 3.09. The summed E-state index contributed by atoms with van der Waals surface area (Å²) >= 11 is 0. The van der Waals surface area contributed by atoms with Crippen molar-refractivity contribution in [3.8, 4) is 5.75 Å². The van der Waals surface area contributed by atoms with E-state index in [0.717, 1.165) is 37.5 Å². The first kappa shape index (κ1) is 14.9. The molecule has 0 saturated heterocycles. The van der Waals surface area contributed by atoms with Crippen LogP contribution in [-0.2, 0) is 6.54 Å². The second kappa shape index (κ2) is 7.28. The minimum Gasteiger partial charge on any atom is -0.492 e. The highest BCUT2D eigenvalue weighted by Crippen LogP contribution is 2.22. The molecule has 1 N–H and O–H groups in total. The van der Waals surface area contributed by atoms with E-state index in [4.69, 9.17) is 4.74 Å². The Kier molecular flexibility index (Phi) is 5.15. The fraction of sp³-hybridized carbons (Fsp3) is 0.667. The molecule has 0 aliphatic heterocycles. The zero-order valence-corrected chi connectivity index (χ0v) is 13.2. The van der Waals surface area contributed by atoms with E-state index in [1.165, 1.54) is 44.1 Å². The summed E-state index contributed by atoms with van der Waals surface area (Å²) in [6.45, 7) is 2.79. The molecule has 3 heteroatoms. The Labute approximate surface area is 128 Å². The van der Waals surface area contributed by atoms with Gasteiger partial charge in [-0.25, -0.2) is 0 Å². The summed E-state index contributed by atoms with van der Waals surface area (Å²) < 4.78 is 5.87. The van der Waals surface area contributed by atoms with E-state index >= 15 is 0 Å². The highest BCUT2D eigenvalue weighted by Gasteiger charge is 2.20. The molecular weight excluding hydrogens is 260 g/mol. The van der Waals surface area contributed by atoms with Crippen molar-refractivity contribution >= 4 is 0 Å². The van der Waals surface area contributed by atoms with Gasteiger partial charge in [-0.05, 0) is 50.4 Å². The zero-order chi connectivity index (χ0) is 14.5. The van der Waals surface area contributed by atoms with Gasteiger partial charge in [0.1, 0.15) is 12.4 Å². The van der Waals surface area contributed by atoms with Crippen LogP contribution < -0.4 is 10.1 Å². The van der Waals surface area contributed by atoms with Gasteiger partial charge in [0, 0.05) is 25.2 Å². The third kappa shape index (κ3) is 4.72. The van der Waals surface area contributed by atoms with Gasteiger partial charge < -0.3 is 15.0 Å². The van der Waals surface area contributed by atoms with Crippen molar-refractivity contribution in [3.63, 3.8) is 0 Å². The van der Waals surface area contributed by atoms with Crippen LogP contribution in [0.1, 0.15) is 44.1 Å². The van der Waals surface area contributed by atoms with E-state index in [1.807, 2.05) is 0 Å². The summed E-state index contributed by atoms with van der Waals surface area (Å²) in [5, 5.41) is 3.53. The third-order valence-electron chi connectivity index (χ3n) is 4.76. The number of hydrogen-bond donors (Lipinski definition) is 1. The number of ether oxygens (including phenoxy) is 1. The highest BCUT2D eigenvalue weighted by atomic mass is 16.5. The molecule has 0 radical (unpaired) electrons. The number of likely N-dealkylation sites (N-methyl/N-ethyl adjacent to an activating group) is 1. The Morgan fingerprint density at radius 2 is 1.81 bits per heavy atom. The normalized spacial score (nSPS) is 19.3. The Morgan fingerprint density at radius 1 is 1.10 bits per heavy atom. The van der Waals surface area contributed by atoms with Crippen molar-refractivity contribution in [1.82, 2.24) is 10.2 Å². The topological polar surface area (TPSA) is 24.5 Å². The van der Waals surface area contributed by atoms with Crippen molar-refractivity contribution in [2.75, 3.05) is 20.2 Å². The Bertz CT molecular complexity index is 421. The van der Waals surface area contributed by atoms with E-state index in [0.29, 0.717) is 0 Å². The van der Waals surface area contributed by atoms with Gasteiger partial charge >= 0.3 is 0 Å². The lowest BCUT2D eigenvalue weighted by Crippen LogP contribution is -2.32. The van der Waals surface area contributed by atoms with Crippen LogP contribution in [0.4, 0.5) is 0 Å². The number of benzene rings is 1. The number of hydrogen-bond acceptors (Lipinski definition) is 3. The standard InChI is InChI=1S/C18H28N2O/c1-20(17-4-2-3-5-17)12-13-21-18-10-6-15(7-11-18)14-19-16-8-9-16/h6-7,10-11,16-17,19H,2-5,8-9,12-14H2,1H3. The molecule has 3 nitrogen and oxygen atoms in total. The van der Waals surface area contributed by atoms with Crippen molar-refractivity contribution in [1.29, 1.82) is 0 Å². The van der Waals surface area contributed by atoms with Gasteiger partial charge in [0.2, 0.25) is 0 Å². The number of nitrogens with zero attached hydrogens (tertiary/aromatic N) is 1.